The Morgan fingerprint density at radius 2 is 2.28 bits per heavy atom. The summed E-state index contributed by atoms with van der Waals surface area (Å²) in [6, 6.07) is 4.01. The summed E-state index contributed by atoms with van der Waals surface area (Å²) in [7, 11) is 1.33. The van der Waals surface area contributed by atoms with Gasteiger partial charge >= 0.3 is 5.97 Å². The molecule has 0 aliphatic carbocycles. The Morgan fingerprint density at radius 1 is 1.56 bits per heavy atom. The number of halogens is 1. The van der Waals surface area contributed by atoms with Crippen molar-refractivity contribution in [1.82, 2.24) is 0 Å². The first-order valence-corrected chi connectivity index (χ1v) is 5.42. The zero-order valence-corrected chi connectivity index (χ0v) is 9.72. The van der Waals surface area contributed by atoms with Crippen molar-refractivity contribution in [3.05, 3.63) is 24.0 Å². The molecule has 2 rings (SSSR count). The third-order valence-corrected chi connectivity index (χ3v) is 2.95. The summed E-state index contributed by atoms with van der Waals surface area (Å²) in [5, 5.41) is 8.86. The average molecular weight is 253 g/mol. The number of rotatable bonds is 3. The van der Waals surface area contributed by atoms with Gasteiger partial charge in [-0.2, -0.15) is 0 Å². The van der Waals surface area contributed by atoms with E-state index in [2.05, 4.69) is 0 Å². The number of methoxy groups -OCH3 is 1. The summed E-state index contributed by atoms with van der Waals surface area (Å²) >= 11 is 0. The van der Waals surface area contributed by atoms with Gasteiger partial charge in [-0.05, 0) is 18.6 Å². The number of anilines is 1. The molecule has 1 heterocycles. The van der Waals surface area contributed by atoms with Gasteiger partial charge < -0.3 is 14.7 Å². The summed E-state index contributed by atoms with van der Waals surface area (Å²) in [4.78, 5) is 24.0. The first kappa shape index (κ1) is 12.3. The van der Waals surface area contributed by atoms with Crippen LogP contribution in [0.3, 0.4) is 0 Å². The number of carboxylic acid groups (broad SMARTS) is 1. The maximum Gasteiger partial charge on any atom is 0.316 e. The second kappa shape index (κ2) is 4.64. The lowest BCUT2D eigenvalue weighted by atomic mass is 10.1. The van der Waals surface area contributed by atoms with E-state index in [9.17, 15) is 14.0 Å². The minimum Gasteiger partial charge on any atom is -0.494 e. The number of hydrogen-bond acceptors (Lipinski definition) is 3. The van der Waals surface area contributed by atoms with Gasteiger partial charge in [-0.25, -0.2) is 4.39 Å². The van der Waals surface area contributed by atoms with Crippen LogP contribution in [0.15, 0.2) is 18.2 Å². The van der Waals surface area contributed by atoms with Gasteiger partial charge in [0.15, 0.2) is 11.6 Å². The number of aliphatic carboxylic acids is 1. The molecule has 1 aliphatic rings. The van der Waals surface area contributed by atoms with Crippen molar-refractivity contribution in [2.45, 2.75) is 6.42 Å². The molecule has 6 heteroatoms. The number of benzene rings is 1. The quantitative estimate of drug-likeness (QED) is 0.824. The van der Waals surface area contributed by atoms with Crippen LogP contribution in [0, 0.1) is 11.7 Å². The van der Waals surface area contributed by atoms with Crippen molar-refractivity contribution >= 4 is 17.6 Å². The Hall–Kier alpha value is -2.11. The van der Waals surface area contributed by atoms with Crippen LogP contribution in [-0.4, -0.2) is 30.6 Å². The lowest BCUT2D eigenvalue weighted by Crippen LogP contribution is -2.30. The van der Waals surface area contributed by atoms with E-state index in [1.54, 1.807) is 0 Å². The predicted molar refractivity (Wildman–Crippen MR) is 61.0 cm³/mol. The zero-order chi connectivity index (χ0) is 13.3. The molecule has 1 aromatic rings. The topological polar surface area (TPSA) is 66.8 Å². The van der Waals surface area contributed by atoms with Crippen molar-refractivity contribution < 1.29 is 23.8 Å². The van der Waals surface area contributed by atoms with Gasteiger partial charge in [0.05, 0.1) is 7.11 Å². The Kier molecular flexibility index (Phi) is 3.18. The van der Waals surface area contributed by atoms with E-state index in [4.69, 9.17) is 9.84 Å². The molecule has 5 nitrogen and oxygen atoms in total. The zero-order valence-electron chi connectivity index (χ0n) is 9.72. The van der Waals surface area contributed by atoms with E-state index in [1.807, 2.05) is 0 Å². The van der Waals surface area contributed by atoms with Crippen LogP contribution in [0.1, 0.15) is 6.42 Å². The smallest absolute Gasteiger partial charge is 0.316 e. The van der Waals surface area contributed by atoms with Gasteiger partial charge in [-0.15, -0.1) is 0 Å². The van der Waals surface area contributed by atoms with E-state index >= 15 is 0 Å². The molecule has 1 unspecified atom stereocenters. The lowest BCUT2D eigenvalue weighted by molar-refractivity contribution is -0.144. The molecule has 0 saturated carbocycles. The fraction of sp³-hybridized carbons (Fsp3) is 0.333. The Bertz CT molecular complexity index is 503. The highest BCUT2D eigenvalue weighted by molar-refractivity contribution is 6.07. The Labute approximate surface area is 103 Å². The van der Waals surface area contributed by atoms with Gasteiger partial charge in [-0.1, -0.05) is 0 Å². The van der Waals surface area contributed by atoms with Gasteiger partial charge in [0.2, 0.25) is 5.91 Å². The predicted octanol–water partition coefficient (Wildman–Crippen LogP) is 1.27. The van der Waals surface area contributed by atoms with Crippen LogP contribution in [0.2, 0.25) is 0 Å². The number of carbonyl (C=O) groups is 2. The Balaban J connectivity index is 2.28. The highest BCUT2D eigenvalue weighted by Crippen LogP contribution is 2.29. The van der Waals surface area contributed by atoms with Gasteiger partial charge in [-0.3, -0.25) is 9.59 Å². The van der Waals surface area contributed by atoms with Crippen molar-refractivity contribution in [3.63, 3.8) is 0 Å². The molecule has 1 saturated heterocycles. The summed E-state index contributed by atoms with van der Waals surface area (Å²) in [5.41, 5.74) is 0.446. The summed E-state index contributed by atoms with van der Waals surface area (Å²) < 4.78 is 18.1. The number of hydrogen-bond donors (Lipinski definition) is 1. The van der Waals surface area contributed by atoms with Crippen molar-refractivity contribution in [3.8, 4) is 5.75 Å². The first-order chi connectivity index (χ1) is 8.54. The van der Waals surface area contributed by atoms with Crippen LogP contribution in [0.5, 0.6) is 5.75 Å². The van der Waals surface area contributed by atoms with E-state index in [1.165, 1.54) is 30.2 Å². The lowest BCUT2D eigenvalue weighted by Gasteiger charge is -2.17. The molecule has 1 amide bonds. The van der Waals surface area contributed by atoms with Crippen LogP contribution in [0.4, 0.5) is 10.1 Å². The SMILES string of the molecule is COc1cc(N2CCC(C(=O)O)C2=O)ccc1F. The van der Waals surface area contributed by atoms with Crippen molar-refractivity contribution in [2.24, 2.45) is 5.92 Å². The molecule has 0 spiro atoms. The average Bonchev–Trinajstić information content (AvgIpc) is 2.72. The summed E-state index contributed by atoms with van der Waals surface area (Å²) in [6.07, 6.45) is 0.258. The number of ether oxygens (including phenoxy) is 1. The number of amides is 1. The minimum absolute atomic E-state index is 0.0269. The fourth-order valence-electron chi connectivity index (χ4n) is 1.98. The number of nitrogens with zero attached hydrogens (tertiary/aromatic N) is 1. The molecule has 1 aromatic carbocycles. The van der Waals surface area contributed by atoms with E-state index in [-0.39, 0.29) is 12.2 Å². The van der Waals surface area contributed by atoms with Gasteiger partial charge in [0.1, 0.15) is 5.92 Å². The molecular formula is C12H12FNO4. The van der Waals surface area contributed by atoms with Crippen molar-refractivity contribution in [2.75, 3.05) is 18.6 Å². The molecule has 1 fully saturated rings. The highest BCUT2D eigenvalue weighted by atomic mass is 19.1. The van der Waals surface area contributed by atoms with E-state index in [0.29, 0.717) is 12.2 Å². The maximum atomic E-state index is 13.2. The van der Waals surface area contributed by atoms with Gasteiger partial charge in [0, 0.05) is 18.3 Å². The molecule has 0 aromatic heterocycles. The highest BCUT2D eigenvalue weighted by Gasteiger charge is 2.37. The van der Waals surface area contributed by atoms with Crippen LogP contribution < -0.4 is 9.64 Å². The molecular weight excluding hydrogens is 241 g/mol. The second-order valence-electron chi connectivity index (χ2n) is 3.99. The van der Waals surface area contributed by atoms with E-state index in [0.717, 1.165) is 0 Å². The minimum atomic E-state index is -1.13. The third-order valence-electron chi connectivity index (χ3n) is 2.95. The molecule has 0 bridgehead atoms. The largest absolute Gasteiger partial charge is 0.494 e. The fourth-order valence-corrected chi connectivity index (χ4v) is 1.98. The molecule has 0 radical (unpaired) electrons. The van der Waals surface area contributed by atoms with Crippen molar-refractivity contribution in [1.29, 1.82) is 0 Å². The van der Waals surface area contributed by atoms with Gasteiger partial charge in [0.25, 0.3) is 0 Å². The normalized spacial score (nSPS) is 19.1. The molecule has 1 aliphatic heterocycles. The van der Waals surface area contributed by atoms with Crippen LogP contribution in [-0.2, 0) is 9.59 Å². The Morgan fingerprint density at radius 3 is 2.83 bits per heavy atom. The molecule has 18 heavy (non-hydrogen) atoms. The number of carbonyl (C=O) groups excluding carboxylic acids is 1. The monoisotopic (exact) mass is 253 g/mol. The molecule has 96 valence electrons. The maximum absolute atomic E-state index is 13.2. The standard InChI is InChI=1S/C12H12FNO4/c1-18-10-6-7(2-3-9(10)13)14-5-4-8(11(14)15)12(16)17/h2-3,6,8H,4-5H2,1H3,(H,16,17). The second-order valence-corrected chi connectivity index (χ2v) is 3.99. The summed E-state index contributed by atoms with van der Waals surface area (Å²) in [6.45, 7) is 0.310. The molecule has 1 atom stereocenters. The van der Waals surface area contributed by atoms with Crippen LogP contribution >= 0.6 is 0 Å². The van der Waals surface area contributed by atoms with Crippen LogP contribution in [0.25, 0.3) is 0 Å². The van der Waals surface area contributed by atoms with E-state index < -0.39 is 23.6 Å². The molecule has 1 N–H and O–H groups in total. The summed E-state index contributed by atoms with van der Waals surface area (Å²) in [5.74, 6) is -3.12. The number of carboxylic acids is 1. The first-order valence-electron chi connectivity index (χ1n) is 5.42. The third kappa shape index (κ3) is 2.01.